The molecule has 1 aliphatic carbocycles. The van der Waals surface area contributed by atoms with E-state index in [2.05, 4.69) is 0 Å². The molecular weight excluding hydrogens is 314 g/mol. The monoisotopic (exact) mass is 337 g/mol. The summed E-state index contributed by atoms with van der Waals surface area (Å²) < 4.78 is 11.0. The highest BCUT2D eigenvalue weighted by Crippen LogP contribution is 2.27. The van der Waals surface area contributed by atoms with Crippen LogP contribution in [0.5, 0.6) is 0 Å². The number of rotatable bonds is 5. The molecule has 4 rings (SSSR count). The molecule has 4 heteroatoms. The van der Waals surface area contributed by atoms with Gasteiger partial charge in [0.15, 0.2) is 5.76 Å². The van der Waals surface area contributed by atoms with E-state index in [1.54, 1.807) is 12.5 Å². The van der Waals surface area contributed by atoms with Crippen LogP contribution < -0.4 is 0 Å². The Bertz CT molecular complexity index is 795. The number of hydrogen-bond donors (Lipinski definition) is 0. The van der Waals surface area contributed by atoms with Gasteiger partial charge in [-0.05, 0) is 37.0 Å². The smallest absolute Gasteiger partial charge is 0.289 e. The number of nitrogens with zero attached hydrogens (tertiary/aromatic N) is 1. The molecule has 0 saturated heterocycles. The summed E-state index contributed by atoms with van der Waals surface area (Å²) in [7, 11) is 0. The van der Waals surface area contributed by atoms with E-state index >= 15 is 0 Å². The maximum absolute atomic E-state index is 13.1. The zero-order chi connectivity index (χ0) is 17.1. The Labute approximate surface area is 147 Å². The molecule has 1 fully saturated rings. The second kappa shape index (κ2) is 7.18. The van der Waals surface area contributed by atoms with E-state index in [-0.39, 0.29) is 5.91 Å². The largest absolute Gasteiger partial charge is 0.472 e. The van der Waals surface area contributed by atoms with Gasteiger partial charge in [0.1, 0.15) is 5.58 Å². The van der Waals surface area contributed by atoms with E-state index in [1.165, 1.54) is 32.1 Å². The molecule has 25 heavy (non-hydrogen) atoms. The van der Waals surface area contributed by atoms with Crippen molar-refractivity contribution in [2.75, 3.05) is 6.54 Å². The van der Waals surface area contributed by atoms with Gasteiger partial charge in [0.05, 0.1) is 12.5 Å². The van der Waals surface area contributed by atoms with Crippen LogP contribution in [0.15, 0.2) is 57.8 Å². The number of hydrogen-bond acceptors (Lipinski definition) is 3. The van der Waals surface area contributed by atoms with E-state index in [4.69, 9.17) is 8.83 Å². The average Bonchev–Trinajstić information content (AvgIpc) is 3.30. The highest BCUT2D eigenvalue weighted by atomic mass is 16.3. The lowest BCUT2D eigenvalue weighted by molar-refractivity contribution is 0.0669. The van der Waals surface area contributed by atoms with E-state index in [9.17, 15) is 4.79 Å². The molecule has 0 atom stereocenters. The van der Waals surface area contributed by atoms with Gasteiger partial charge >= 0.3 is 0 Å². The second-order valence-corrected chi connectivity index (χ2v) is 6.97. The zero-order valence-corrected chi connectivity index (χ0v) is 14.3. The Hall–Kier alpha value is -2.49. The maximum Gasteiger partial charge on any atom is 0.289 e. The fourth-order valence-corrected chi connectivity index (χ4v) is 3.75. The van der Waals surface area contributed by atoms with Crippen molar-refractivity contribution in [3.8, 4) is 0 Å². The van der Waals surface area contributed by atoms with Gasteiger partial charge in [-0.3, -0.25) is 4.79 Å². The van der Waals surface area contributed by atoms with Gasteiger partial charge in [0.25, 0.3) is 5.91 Å². The summed E-state index contributed by atoms with van der Waals surface area (Å²) in [4.78, 5) is 15.0. The molecule has 3 aromatic rings. The number of carbonyl (C=O) groups is 1. The molecule has 0 spiro atoms. The first kappa shape index (κ1) is 16.0. The van der Waals surface area contributed by atoms with E-state index in [0.29, 0.717) is 18.2 Å². The molecule has 0 N–H and O–H groups in total. The minimum atomic E-state index is -0.0389. The summed E-state index contributed by atoms with van der Waals surface area (Å²) in [6.45, 7) is 1.34. The lowest BCUT2D eigenvalue weighted by atomic mass is 9.89. The SMILES string of the molecule is O=C(c1cc2ccccc2o1)N(Cc1ccoc1)CC1CCCCC1. The molecular formula is C21H23NO3. The topological polar surface area (TPSA) is 46.6 Å². The third kappa shape index (κ3) is 3.63. The first-order chi connectivity index (χ1) is 12.3. The lowest BCUT2D eigenvalue weighted by Gasteiger charge is -2.29. The van der Waals surface area contributed by atoms with Gasteiger partial charge in [0, 0.05) is 24.0 Å². The predicted molar refractivity (Wildman–Crippen MR) is 96.2 cm³/mol. The molecule has 4 nitrogen and oxygen atoms in total. The number of benzene rings is 1. The summed E-state index contributed by atoms with van der Waals surface area (Å²) >= 11 is 0. The first-order valence-electron chi connectivity index (χ1n) is 9.08. The van der Waals surface area contributed by atoms with Crippen LogP contribution in [-0.2, 0) is 6.54 Å². The van der Waals surface area contributed by atoms with Gasteiger partial charge < -0.3 is 13.7 Å². The Balaban J connectivity index is 1.57. The average molecular weight is 337 g/mol. The molecule has 0 aliphatic heterocycles. The summed E-state index contributed by atoms with van der Waals surface area (Å²) in [6, 6.07) is 11.5. The molecule has 0 bridgehead atoms. The van der Waals surface area contributed by atoms with Gasteiger partial charge in [0.2, 0.25) is 0 Å². The van der Waals surface area contributed by atoms with E-state index < -0.39 is 0 Å². The molecule has 1 amide bonds. The second-order valence-electron chi connectivity index (χ2n) is 6.97. The van der Waals surface area contributed by atoms with Gasteiger partial charge in [-0.25, -0.2) is 0 Å². The molecule has 1 aliphatic rings. The molecule has 2 aromatic heterocycles. The van der Waals surface area contributed by atoms with Crippen molar-refractivity contribution in [2.24, 2.45) is 5.92 Å². The van der Waals surface area contributed by atoms with Crippen molar-refractivity contribution in [3.63, 3.8) is 0 Å². The summed E-state index contributed by atoms with van der Waals surface area (Å²) in [5.41, 5.74) is 1.77. The zero-order valence-electron chi connectivity index (χ0n) is 14.3. The van der Waals surface area contributed by atoms with Crippen molar-refractivity contribution in [2.45, 2.75) is 38.6 Å². The van der Waals surface area contributed by atoms with Crippen molar-refractivity contribution in [1.82, 2.24) is 4.90 Å². The molecule has 1 aromatic carbocycles. The third-order valence-electron chi connectivity index (χ3n) is 5.08. The van der Waals surface area contributed by atoms with Gasteiger partial charge in [-0.2, -0.15) is 0 Å². The van der Waals surface area contributed by atoms with Gasteiger partial charge in [-0.15, -0.1) is 0 Å². The highest BCUT2D eigenvalue weighted by molar-refractivity contribution is 5.96. The molecule has 1 saturated carbocycles. The minimum Gasteiger partial charge on any atom is -0.472 e. The van der Waals surface area contributed by atoms with Crippen LogP contribution >= 0.6 is 0 Å². The number of carbonyl (C=O) groups excluding carboxylic acids is 1. The highest BCUT2D eigenvalue weighted by Gasteiger charge is 2.24. The van der Waals surface area contributed by atoms with Crippen LogP contribution in [0.1, 0.15) is 48.2 Å². The van der Waals surface area contributed by atoms with Crippen LogP contribution in [0.4, 0.5) is 0 Å². The van der Waals surface area contributed by atoms with Crippen molar-refractivity contribution in [1.29, 1.82) is 0 Å². The van der Waals surface area contributed by atoms with Gasteiger partial charge in [-0.1, -0.05) is 37.5 Å². The Morgan fingerprint density at radius 3 is 2.72 bits per heavy atom. The normalized spacial score (nSPS) is 15.5. The van der Waals surface area contributed by atoms with Crippen LogP contribution in [0.3, 0.4) is 0 Å². The van der Waals surface area contributed by atoms with E-state index in [1.807, 2.05) is 41.3 Å². The summed E-state index contributed by atoms with van der Waals surface area (Å²) in [6.07, 6.45) is 9.62. The first-order valence-corrected chi connectivity index (χ1v) is 9.08. The summed E-state index contributed by atoms with van der Waals surface area (Å²) in [5.74, 6) is 0.956. The quantitative estimate of drug-likeness (QED) is 0.639. The van der Waals surface area contributed by atoms with Crippen LogP contribution in [-0.4, -0.2) is 17.4 Å². The Morgan fingerprint density at radius 2 is 1.96 bits per heavy atom. The maximum atomic E-state index is 13.1. The van der Waals surface area contributed by atoms with Crippen molar-refractivity contribution >= 4 is 16.9 Å². The van der Waals surface area contributed by atoms with Crippen LogP contribution in [0.25, 0.3) is 11.0 Å². The molecule has 2 heterocycles. The number of furan rings is 2. The lowest BCUT2D eigenvalue weighted by Crippen LogP contribution is -2.35. The fraction of sp³-hybridized carbons (Fsp3) is 0.381. The summed E-state index contributed by atoms with van der Waals surface area (Å²) in [5, 5.41) is 0.965. The van der Waals surface area contributed by atoms with Crippen LogP contribution in [0, 0.1) is 5.92 Å². The number of amides is 1. The van der Waals surface area contributed by atoms with Crippen molar-refractivity contribution in [3.05, 3.63) is 60.2 Å². The molecule has 0 radical (unpaired) electrons. The number of fused-ring (bicyclic) bond motifs is 1. The molecule has 130 valence electrons. The standard InChI is InChI=1S/C21H23NO3/c23-21(20-12-18-8-4-5-9-19(18)25-20)22(14-17-10-11-24-15-17)13-16-6-2-1-3-7-16/h4-5,8-12,15-16H,1-3,6-7,13-14H2. The number of para-hydroxylation sites is 1. The Kier molecular flexibility index (Phi) is 4.59. The minimum absolute atomic E-state index is 0.0389. The third-order valence-corrected chi connectivity index (χ3v) is 5.08. The predicted octanol–water partition coefficient (Wildman–Crippen LogP) is 5.25. The molecule has 0 unspecified atom stereocenters. The van der Waals surface area contributed by atoms with Crippen LogP contribution in [0.2, 0.25) is 0 Å². The van der Waals surface area contributed by atoms with E-state index in [0.717, 1.165) is 23.1 Å². The Morgan fingerprint density at radius 1 is 1.12 bits per heavy atom. The van der Waals surface area contributed by atoms with Crippen molar-refractivity contribution < 1.29 is 13.6 Å². The fourth-order valence-electron chi connectivity index (χ4n) is 3.75.